The molecule has 0 unspecified atom stereocenters. The molecule has 1 fully saturated rings. The SMILES string of the molecule is Cc1noc([C@H](C)Sc2nnc(-c3ccc(C(C)(C)C)cc3)n2C2CCCC2)n1. The van der Waals surface area contributed by atoms with Gasteiger partial charge in [0.05, 0.1) is 5.25 Å². The van der Waals surface area contributed by atoms with E-state index in [1.54, 1.807) is 11.8 Å². The number of benzene rings is 1. The molecular formula is C22H29N5OS. The summed E-state index contributed by atoms with van der Waals surface area (Å²) in [7, 11) is 0. The molecule has 7 heteroatoms. The number of thioether (sulfide) groups is 1. The van der Waals surface area contributed by atoms with Crippen LogP contribution in [0.15, 0.2) is 33.9 Å². The lowest BCUT2D eigenvalue weighted by atomic mass is 9.86. The summed E-state index contributed by atoms with van der Waals surface area (Å²) in [4.78, 5) is 4.38. The molecule has 1 aromatic carbocycles. The van der Waals surface area contributed by atoms with Crippen molar-refractivity contribution in [2.24, 2.45) is 0 Å². The summed E-state index contributed by atoms with van der Waals surface area (Å²) in [5.41, 5.74) is 2.57. The number of hydrogen-bond donors (Lipinski definition) is 0. The molecule has 0 amide bonds. The van der Waals surface area contributed by atoms with E-state index in [2.05, 4.69) is 76.9 Å². The molecule has 0 saturated heterocycles. The zero-order chi connectivity index (χ0) is 20.6. The lowest BCUT2D eigenvalue weighted by molar-refractivity contribution is 0.376. The average molecular weight is 412 g/mol. The van der Waals surface area contributed by atoms with Gasteiger partial charge in [-0.25, -0.2) is 0 Å². The molecule has 3 aromatic rings. The van der Waals surface area contributed by atoms with E-state index in [1.807, 2.05) is 6.92 Å². The smallest absolute Gasteiger partial charge is 0.239 e. The van der Waals surface area contributed by atoms with Crippen LogP contribution in [0.4, 0.5) is 0 Å². The van der Waals surface area contributed by atoms with Crippen molar-refractivity contribution in [3.63, 3.8) is 0 Å². The quantitative estimate of drug-likeness (QED) is 0.487. The summed E-state index contributed by atoms with van der Waals surface area (Å²) in [5, 5.41) is 14.0. The fraction of sp³-hybridized carbons (Fsp3) is 0.545. The highest BCUT2D eigenvalue weighted by atomic mass is 32.2. The van der Waals surface area contributed by atoms with Crippen molar-refractivity contribution in [3.05, 3.63) is 41.5 Å². The van der Waals surface area contributed by atoms with Crippen LogP contribution in [-0.4, -0.2) is 24.9 Å². The van der Waals surface area contributed by atoms with E-state index in [1.165, 1.54) is 31.2 Å². The number of aromatic nitrogens is 5. The summed E-state index contributed by atoms with van der Waals surface area (Å²) < 4.78 is 7.70. The first-order valence-corrected chi connectivity index (χ1v) is 11.2. The molecule has 0 spiro atoms. The van der Waals surface area contributed by atoms with Gasteiger partial charge in [0.2, 0.25) is 5.89 Å². The Bertz CT molecular complexity index is 964. The van der Waals surface area contributed by atoms with Crippen LogP contribution < -0.4 is 0 Å². The Balaban J connectivity index is 1.67. The second-order valence-electron chi connectivity index (χ2n) is 8.88. The zero-order valence-corrected chi connectivity index (χ0v) is 18.7. The molecule has 0 radical (unpaired) electrons. The molecule has 1 aliphatic rings. The Labute approximate surface area is 176 Å². The second kappa shape index (κ2) is 7.94. The molecule has 0 bridgehead atoms. The van der Waals surface area contributed by atoms with Crippen LogP contribution in [0.5, 0.6) is 0 Å². The van der Waals surface area contributed by atoms with Crippen LogP contribution in [0.25, 0.3) is 11.4 Å². The fourth-order valence-electron chi connectivity index (χ4n) is 3.85. The van der Waals surface area contributed by atoms with Gasteiger partial charge in [-0.15, -0.1) is 10.2 Å². The van der Waals surface area contributed by atoms with Crippen molar-refractivity contribution in [1.29, 1.82) is 0 Å². The van der Waals surface area contributed by atoms with E-state index in [0.29, 0.717) is 17.8 Å². The van der Waals surface area contributed by atoms with Crippen LogP contribution in [-0.2, 0) is 5.41 Å². The van der Waals surface area contributed by atoms with Crippen LogP contribution in [0.1, 0.15) is 81.9 Å². The normalized spacial score (nSPS) is 16.4. The molecule has 4 rings (SSSR count). The van der Waals surface area contributed by atoms with Crippen molar-refractivity contribution >= 4 is 11.8 Å². The maximum atomic E-state index is 5.36. The Morgan fingerprint density at radius 1 is 1.10 bits per heavy atom. The van der Waals surface area contributed by atoms with Crippen molar-refractivity contribution in [2.45, 2.75) is 82.2 Å². The lowest BCUT2D eigenvalue weighted by Gasteiger charge is -2.20. The zero-order valence-electron chi connectivity index (χ0n) is 17.8. The van der Waals surface area contributed by atoms with E-state index in [0.717, 1.165) is 16.5 Å². The Hall–Kier alpha value is -2.15. The second-order valence-corrected chi connectivity index (χ2v) is 10.2. The van der Waals surface area contributed by atoms with Gasteiger partial charge in [0.15, 0.2) is 16.8 Å². The van der Waals surface area contributed by atoms with Gasteiger partial charge in [-0.3, -0.25) is 4.57 Å². The summed E-state index contributed by atoms with van der Waals surface area (Å²) >= 11 is 1.64. The third-order valence-corrected chi connectivity index (χ3v) is 6.58. The molecule has 0 N–H and O–H groups in total. The molecule has 1 atom stereocenters. The first kappa shape index (κ1) is 20.1. The molecule has 6 nitrogen and oxygen atoms in total. The highest BCUT2D eigenvalue weighted by molar-refractivity contribution is 7.99. The van der Waals surface area contributed by atoms with Crippen LogP contribution in [0.3, 0.4) is 0 Å². The van der Waals surface area contributed by atoms with Gasteiger partial charge in [-0.2, -0.15) is 4.98 Å². The molecule has 29 heavy (non-hydrogen) atoms. The van der Waals surface area contributed by atoms with E-state index in [-0.39, 0.29) is 10.7 Å². The maximum absolute atomic E-state index is 5.36. The highest BCUT2D eigenvalue weighted by Crippen LogP contribution is 2.40. The first-order valence-electron chi connectivity index (χ1n) is 10.4. The Morgan fingerprint density at radius 3 is 2.38 bits per heavy atom. The predicted molar refractivity (Wildman–Crippen MR) is 115 cm³/mol. The van der Waals surface area contributed by atoms with E-state index in [9.17, 15) is 0 Å². The van der Waals surface area contributed by atoms with Gasteiger partial charge in [-0.05, 0) is 37.7 Å². The first-order chi connectivity index (χ1) is 13.8. The van der Waals surface area contributed by atoms with Crippen molar-refractivity contribution < 1.29 is 4.52 Å². The van der Waals surface area contributed by atoms with Gasteiger partial charge in [-0.1, -0.05) is 74.8 Å². The van der Waals surface area contributed by atoms with Crippen LogP contribution in [0, 0.1) is 6.92 Å². The minimum atomic E-state index is 0.0247. The van der Waals surface area contributed by atoms with Gasteiger partial charge in [0.25, 0.3) is 0 Å². The minimum absolute atomic E-state index is 0.0247. The van der Waals surface area contributed by atoms with E-state index in [4.69, 9.17) is 4.52 Å². The monoisotopic (exact) mass is 411 g/mol. The molecule has 1 aliphatic carbocycles. The molecule has 1 saturated carbocycles. The number of aryl methyl sites for hydroxylation is 1. The molecular weight excluding hydrogens is 382 g/mol. The van der Waals surface area contributed by atoms with Crippen molar-refractivity contribution in [1.82, 2.24) is 24.9 Å². The van der Waals surface area contributed by atoms with Crippen LogP contribution >= 0.6 is 11.8 Å². The average Bonchev–Trinajstić information content (AvgIpc) is 3.41. The molecule has 154 valence electrons. The summed E-state index contributed by atoms with van der Waals surface area (Å²) in [5.74, 6) is 2.24. The molecule has 0 aliphatic heterocycles. The van der Waals surface area contributed by atoms with Gasteiger partial charge < -0.3 is 4.52 Å². The summed E-state index contributed by atoms with van der Waals surface area (Å²) in [6.07, 6.45) is 4.86. The summed E-state index contributed by atoms with van der Waals surface area (Å²) in [6, 6.07) is 9.21. The fourth-order valence-corrected chi connectivity index (χ4v) is 4.80. The van der Waals surface area contributed by atoms with Gasteiger partial charge in [0, 0.05) is 11.6 Å². The van der Waals surface area contributed by atoms with Crippen LogP contribution in [0.2, 0.25) is 0 Å². The molecule has 2 aromatic heterocycles. The van der Waals surface area contributed by atoms with Crippen molar-refractivity contribution in [3.8, 4) is 11.4 Å². The lowest BCUT2D eigenvalue weighted by Crippen LogP contribution is -2.11. The number of rotatable bonds is 5. The third kappa shape index (κ3) is 4.25. The largest absolute Gasteiger partial charge is 0.338 e. The molecule has 2 heterocycles. The van der Waals surface area contributed by atoms with E-state index >= 15 is 0 Å². The van der Waals surface area contributed by atoms with Crippen molar-refractivity contribution in [2.75, 3.05) is 0 Å². The topological polar surface area (TPSA) is 69.6 Å². The standard InChI is InChI=1S/C22H29N5OS/c1-14(20-23-15(2)26-28-20)29-21-25-24-19(27(21)18-8-6-7-9-18)16-10-12-17(13-11-16)22(3,4)5/h10-14,18H,6-9H2,1-5H3/t14-/m0/s1. The Morgan fingerprint density at radius 2 is 1.79 bits per heavy atom. The maximum Gasteiger partial charge on any atom is 0.239 e. The predicted octanol–water partition coefficient (Wildman–Crippen LogP) is 5.90. The van der Waals surface area contributed by atoms with Gasteiger partial charge in [0.1, 0.15) is 0 Å². The van der Waals surface area contributed by atoms with Gasteiger partial charge >= 0.3 is 0 Å². The summed E-state index contributed by atoms with van der Waals surface area (Å²) in [6.45, 7) is 10.6. The highest BCUT2D eigenvalue weighted by Gasteiger charge is 2.27. The number of hydrogen-bond acceptors (Lipinski definition) is 6. The van der Waals surface area contributed by atoms with E-state index < -0.39 is 0 Å². The minimum Gasteiger partial charge on any atom is -0.338 e. The third-order valence-electron chi connectivity index (χ3n) is 5.54. The Kier molecular flexibility index (Phi) is 5.51. The number of nitrogens with zero attached hydrogens (tertiary/aromatic N) is 5.